The summed E-state index contributed by atoms with van der Waals surface area (Å²) in [7, 11) is 0. The number of para-hydroxylation sites is 1. The minimum absolute atomic E-state index is 0.237. The lowest BCUT2D eigenvalue weighted by molar-refractivity contribution is -0.127. The Kier molecular flexibility index (Phi) is 7.43. The summed E-state index contributed by atoms with van der Waals surface area (Å²) in [5, 5.41) is 0.966. The Balaban J connectivity index is 1.38. The predicted octanol–water partition coefficient (Wildman–Crippen LogP) is 3.85. The molecular formula is C24H30N4OS. The van der Waals surface area contributed by atoms with Crippen LogP contribution in [0.2, 0.25) is 0 Å². The van der Waals surface area contributed by atoms with Crippen LogP contribution in [-0.4, -0.2) is 70.8 Å². The maximum absolute atomic E-state index is 12.6. The van der Waals surface area contributed by atoms with E-state index >= 15 is 0 Å². The number of benzene rings is 2. The molecule has 0 spiro atoms. The molecule has 0 bridgehead atoms. The molecule has 2 aliphatic rings. The number of aliphatic imine (C=N–C) groups is 1. The van der Waals surface area contributed by atoms with E-state index in [0.29, 0.717) is 5.75 Å². The summed E-state index contributed by atoms with van der Waals surface area (Å²) >= 11 is 1.59. The Bertz CT molecular complexity index is 829. The number of thioether (sulfide) groups is 1. The van der Waals surface area contributed by atoms with E-state index < -0.39 is 0 Å². The zero-order chi connectivity index (χ0) is 20.6. The van der Waals surface area contributed by atoms with Gasteiger partial charge in [-0.25, -0.2) is 4.99 Å². The van der Waals surface area contributed by atoms with Crippen molar-refractivity contribution >= 4 is 28.5 Å². The standard InChI is InChI=1S/C24H30N4OS/c29-23(27-13-7-8-14-27)20-30-24(25-22-11-5-2-6-12-22)28-17-15-26(16-18-28)19-21-9-3-1-4-10-21/h1-6,9-12H,7-8,13-20H2. The third-order valence-corrected chi connectivity index (χ3v) is 6.66. The average Bonchev–Trinajstić information content (AvgIpc) is 3.34. The van der Waals surface area contributed by atoms with Gasteiger partial charge in [0.25, 0.3) is 0 Å². The van der Waals surface area contributed by atoms with Gasteiger partial charge in [-0.3, -0.25) is 9.69 Å². The van der Waals surface area contributed by atoms with Crippen LogP contribution in [0.1, 0.15) is 18.4 Å². The molecule has 0 saturated carbocycles. The third-order valence-electron chi connectivity index (χ3n) is 5.66. The van der Waals surface area contributed by atoms with Gasteiger partial charge in [-0.05, 0) is 30.5 Å². The summed E-state index contributed by atoms with van der Waals surface area (Å²) in [6, 6.07) is 20.7. The Morgan fingerprint density at radius 3 is 2.10 bits per heavy atom. The molecule has 2 fully saturated rings. The van der Waals surface area contributed by atoms with E-state index in [1.54, 1.807) is 11.8 Å². The van der Waals surface area contributed by atoms with Crippen LogP contribution in [0, 0.1) is 0 Å². The molecule has 158 valence electrons. The summed E-state index contributed by atoms with van der Waals surface area (Å²) < 4.78 is 0. The fraction of sp³-hybridized carbons (Fsp3) is 0.417. The van der Waals surface area contributed by atoms with Crippen molar-refractivity contribution in [3.8, 4) is 0 Å². The number of piperazine rings is 1. The Morgan fingerprint density at radius 1 is 0.800 bits per heavy atom. The molecule has 30 heavy (non-hydrogen) atoms. The molecule has 1 amide bonds. The summed E-state index contributed by atoms with van der Waals surface area (Å²) in [6.07, 6.45) is 2.26. The first-order valence-corrected chi connectivity index (χ1v) is 11.8. The first-order valence-electron chi connectivity index (χ1n) is 10.8. The topological polar surface area (TPSA) is 39.2 Å². The average molecular weight is 423 g/mol. The molecule has 6 heteroatoms. The lowest BCUT2D eigenvalue weighted by Crippen LogP contribution is -2.47. The molecule has 0 N–H and O–H groups in total. The second-order valence-corrected chi connectivity index (χ2v) is 8.80. The summed E-state index contributed by atoms with van der Waals surface area (Å²) in [5.74, 6) is 0.705. The molecule has 0 unspecified atom stereocenters. The van der Waals surface area contributed by atoms with Crippen molar-refractivity contribution in [3.05, 3.63) is 66.2 Å². The smallest absolute Gasteiger partial charge is 0.233 e. The molecule has 0 radical (unpaired) electrons. The molecule has 0 atom stereocenters. The van der Waals surface area contributed by atoms with Crippen LogP contribution >= 0.6 is 11.8 Å². The number of rotatable bonds is 5. The van der Waals surface area contributed by atoms with Gasteiger partial charge < -0.3 is 9.80 Å². The van der Waals surface area contributed by atoms with Gasteiger partial charge in [0.2, 0.25) is 5.91 Å². The van der Waals surface area contributed by atoms with Crippen LogP contribution in [0.25, 0.3) is 0 Å². The molecule has 0 aromatic heterocycles. The van der Waals surface area contributed by atoms with Crippen molar-refractivity contribution in [2.24, 2.45) is 4.99 Å². The normalized spacial score (nSPS) is 18.1. The van der Waals surface area contributed by atoms with Crippen LogP contribution in [0.3, 0.4) is 0 Å². The van der Waals surface area contributed by atoms with Gasteiger partial charge >= 0.3 is 0 Å². The van der Waals surface area contributed by atoms with Crippen molar-refractivity contribution in [3.63, 3.8) is 0 Å². The van der Waals surface area contributed by atoms with E-state index in [0.717, 1.165) is 69.5 Å². The maximum atomic E-state index is 12.6. The van der Waals surface area contributed by atoms with Crippen molar-refractivity contribution in [1.29, 1.82) is 0 Å². The second kappa shape index (κ2) is 10.6. The lowest BCUT2D eigenvalue weighted by atomic mass is 10.2. The molecule has 4 rings (SSSR count). The van der Waals surface area contributed by atoms with Crippen molar-refractivity contribution < 1.29 is 4.79 Å². The van der Waals surface area contributed by atoms with Crippen LogP contribution < -0.4 is 0 Å². The van der Waals surface area contributed by atoms with Crippen LogP contribution in [-0.2, 0) is 11.3 Å². The van der Waals surface area contributed by atoms with Gasteiger partial charge in [0.15, 0.2) is 5.17 Å². The predicted molar refractivity (Wildman–Crippen MR) is 125 cm³/mol. The van der Waals surface area contributed by atoms with E-state index in [1.165, 1.54) is 5.56 Å². The van der Waals surface area contributed by atoms with Gasteiger partial charge in [-0.2, -0.15) is 0 Å². The highest BCUT2D eigenvalue weighted by Crippen LogP contribution is 2.21. The molecule has 2 aromatic carbocycles. The Morgan fingerprint density at radius 2 is 1.43 bits per heavy atom. The zero-order valence-corrected chi connectivity index (χ0v) is 18.3. The number of carbonyl (C=O) groups is 1. The van der Waals surface area contributed by atoms with E-state index in [-0.39, 0.29) is 5.91 Å². The van der Waals surface area contributed by atoms with Gasteiger partial charge in [0, 0.05) is 45.8 Å². The number of hydrogen-bond donors (Lipinski definition) is 0. The number of nitrogens with zero attached hydrogens (tertiary/aromatic N) is 4. The first kappa shape index (κ1) is 20.9. The van der Waals surface area contributed by atoms with Gasteiger partial charge in [0.1, 0.15) is 0 Å². The van der Waals surface area contributed by atoms with Crippen LogP contribution in [0.15, 0.2) is 65.7 Å². The zero-order valence-electron chi connectivity index (χ0n) is 17.4. The fourth-order valence-electron chi connectivity index (χ4n) is 3.93. The quantitative estimate of drug-likeness (QED) is 0.542. The molecule has 0 aliphatic carbocycles. The van der Waals surface area contributed by atoms with E-state index in [4.69, 9.17) is 4.99 Å². The molecule has 2 saturated heterocycles. The molecule has 5 nitrogen and oxygen atoms in total. The Labute approximate surface area is 183 Å². The molecular weight excluding hydrogens is 392 g/mol. The van der Waals surface area contributed by atoms with E-state index in [9.17, 15) is 4.79 Å². The van der Waals surface area contributed by atoms with Crippen molar-refractivity contribution in [2.75, 3.05) is 45.0 Å². The van der Waals surface area contributed by atoms with Crippen molar-refractivity contribution in [2.45, 2.75) is 19.4 Å². The highest BCUT2D eigenvalue weighted by Gasteiger charge is 2.23. The maximum Gasteiger partial charge on any atom is 0.233 e. The number of likely N-dealkylation sites (tertiary alicyclic amines) is 1. The summed E-state index contributed by atoms with van der Waals surface area (Å²) in [5.41, 5.74) is 2.30. The molecule has 2 aromatic rings. The third kappa shape index (κ3) is 5.86. The van der Waals surface area contributed by atoms with Gasteiger partial charge in [-0.1, -0.05) is 60.3 Å². The van der Waals surface area contributed by atoms with E-state index in [1.807, 2.05) is 35.2 Å². The number of amidine groups is 1. The summed E-state index contributed by atoms with van der Waals surface area (Å²) in [4.78, 5) is 24.3. The van der Waals surface area contributed by atoms with Gasteiger partial charge in [-0.15, -0.1) is 0 Å². The minimum atomic E-state index is 0.237. The number of amides is 1. The first-order chi connectivity index (χ1) is 14.8. The monoisotopic (exact) mass is 422 g/mol. The van der Waals surface area contributed by atoms with Crippen molar-refractivity contribution in [1.82, 2.24) is 14.7 Å². The van der Waals surface area contributed by atoms with Crippen LogP contribution in [0.4, 0.5) is 5.69 Å². The fourth-order valence-corrected chi connectivity index (χ4v) is 4.90. The molecule has 2 heterocycles. The largest absolute Gasteiger partial charge is 0.349 e. The van der Waals surface area contributed by atoms with Gasteiger partial charge in [0.05, 0.1) is 11.4 Å². The molecule has 2 aliphatic heterocycles. The Hall–Kier alpha value is -2.31. The number of hydrogen-bond acceptors (Lipinski definition) is 4. The minimum Gasteiger partial charge on any atom is -0.349 e. The SMILES string of the molecule is O=C(CSC(=Nc1ccccc1)N1CCN(Cc2ccccc2)CC1)N1CCCC1. The number of carbonyl (C=O) groups excluding carboxylic acids is 1. The highest BCUT2D eigenvalue weighted by atomic mass is 32.2. The van der Waals surface area contributed by atoms with Crippen LogP contribution in [0.5, 0.6) is 0 Å². The highest BCUT2D eigenvalue weighted by molar-refractivity contribution is 8.14. The van der Waals surface area contributed by atoms with E-state index in [2.05, 4.69) is 40.1 Å². The lowest BCUT2D eigenvalue weighted by Gasteiger charge is -2.36. The summed E-state index contributed by atoms with van der Waals surface area (Å²) in [6.45, 7) is 6.67. The second-order valence-electron chi connectivity index (χ2n) is 7.86.